The zero-order chi connectivity index (χ0) is 5.82. The molecule has 0 amide bonds. The van der Waals surface area contributed by atoms with Crippen LogP contribution in [-0.4, -0.2) is 9.97 Å². The molecule has 3 nitrogen and oxygen atoms in total. The van der Waals surface area contributed by atoms with Gasteiger partial charge in [0.15, 0.2) is 0 Å². The van der Waals surface area contributed by atoms with Gasteiger partial charge in [-0.25, -0.2) is 4.98 Å². The fourth-order valence-corrected chi connectivity index (χ4v) is 0.864. The van der Waals surface area contributed by atoms with Gasteiger partial charge in [0.05, 0.1) is 6.33 Å². The summed E-state index contributed by atoms with van der Waals surface area (Å²) in [5, 5.41) is 0. The summed E-state index contributed by atoms with van der Waals surface area (Å²) in [5.74, 6) is 0. The van der Waals surface area contributed by atoms with Crippen LogP contribution >= 0.6 is 22.9 Å². The van der Waals surface area contributed by atoms with E-state index >= 15 is 0 Å². The van der Waals surface area contributed by atoms with Crippen LogP contribution in [0.1, 0.15) is 5.69 Å². The van der Waals surface area contributed by atoms with E-state index in [0.717, 1.165) is 12.2 Å². The van der Waals surface area contributed by atoms with E-state index in [2.05, 4.69) is 36.4 Å². The zero-order valence-corrected chi connectivity index (χ0v) is 6.34. The Bertz CT molecular complexity index is 137. The number of imidazole rings is 1. The van der Waals surface area contributed by atoms with E-state index in [0.29, 0.717) is 0 Å². The standard InChI is InChI=1S/C4H6IN3/c5-8-2-4-1-6-3-7-4/h1,3,8H,2H2,(H,6,7). The first kappa shape index (κ1) is 6.03. The molecule has 0 radical (unpaired) electrons. The Morgan fingerprint density at radius 2 is 2.75 bits per heavy atom. The summed E-state index contributed by atoms with van der Waals surface area (Å²) >= 11 is 2.09. The second-order valence-corrected chi connectivity index (χ2v) is 2.15. The molecule has 0 unspecified atom stereocenters. The number of nitrogens with zero attached hydrogens (tertiary/aromatic N) is 1. The molecule has 4 heteroatoms. The van der Waals surface area contributed by atoms with Gasteiger partial charge in [-0.2, -0.15) is 0 Å². The van der Waals surface area contributed by atoms with E-state index < -0.39 is 0 Å². The molecule has 0 aliphatic rings. The lowest BCUT2D eigenvalue weighted by Gasteiger charge is -1.87. The van der Waals surface area contributed by atoms with Crippen LogP contribution in [0.25, 0.3) is 0 Å². The van der Waals surface area contributed by atoms with Crippen molar-refractivity contribution >= 4 is 22.9 Å². The summed E-state index contributed by atoms with van der Waals surface area (Å²) in [5.41, 5.74) is 1.11. The molecule has 0 saturated heterocycles. The molecule has 1 aromatic heterocycles. The van der Waals surface area contributed by atoms with E-state index in [1.165, 1.54) is 0 Å². The SMILES string of the molecule is INCc1cnc[nH]1. The highest BCUT2D eigenvalue weighted by Crippen LogP contribution is 1.89. The van der Waals surface area contributed by atoms with Crippen LogP contribution in [0, 0.1) is 0 Å². The summed E-state index contributed by atoms with van der Waals surface area (Å²) in [6.45, 7) is 0.848. The minimum Gasteiger partial charge on any atom is -0.347 e. The molecule has 0 aromatic carbocycles. The summed E-state index contributed by atoms with van der Waals surface area (Å²) in [4.78, 5) is 6.80. The topological polar surface area (TPSA) is 40.7 Å². The van der Waals surface area contributed by atoms with Gasteiger partial charge in [-0.1, -0.05) is 0 Å². The van der Waals surface area contributed by atoms with Crippen molar-refractivity contribution in [2.75, 3.05) is 0 Å². The first-order valence-corrected chi connectivity index (χ1v) is 3.32. The molecule has 0 aliphatic carbocycles. The lowest BCUT2D eigenvalue weighted by atomic mass is 10.5. The highest BCUT2D eigenvalue weighted by atomic mass is 127. The highest BCUT2D eigenvalue weighted by Gasteiger charge is 1.86. The highest BCUT2D eigenvalue weighted by molar-refractivity contribution is 14.1. The maximum absolute atomic E-state index is 3.84. The maximum atomic E-state index is 3.84. The van der Waals surface area contributed by atoms with Crippen molar-refractivity contribution in [3.63, 3.8) is 0 Å². The van der Waals surface area contributed by atoms with Gasteiger partial charge in [0, 0.05) is 41.3 Å². The van der Waals surface area contributed by atoms with Crippen molar-refractivity contribution in [1.29, 1.82) is 0 Å². The molecule has 0 aliphatic heterocycles. The van der Waals surface area contributed by atoms with Gasteiger partial charge in [0.2, 0.25) is 0 Å². The van der Waals surface area contributed by atoms with Gasteiger partial charge >= 0.3 is 0 Å². The van der Waals surface area contributed by atoms with Gasteiger partial charge in [0.25, 0.3) is 0 Å². The number of hydrogen-bond donors (Lipinski definition) is 2. The molecule has 44 valence electrons. The molecule has 0 atom stereocenters. The molecule has 1 rings (SSSR count). The third-order valence-corrected chi connectivity index (χ3v) is 1.19. The first-order chi connectivity index (χ1) is 3.93. The summed E-state index contributed by atoms with van der Waals surface area (Å²) < 4.78 is 2.97. The lowest BCUT2D eigenvalue weighted by molar-refractivity contribution is 0.966. The van der Waals surface area contributed by atoms with Crippen molar-refractivity contribution < 1.29 is 0 Å². The summed E-state index contributed by atoms with van der Waals surface area (Å²) in [6.07, 6.45) is 3.47. The van der Waals surface area contributed by atoms with Gasteiger partial charge in [0.1, 0.15) is 0 Å². The van der Waals surface area contributed by atoms with Crippen LogP contribution in [0.2, 0.25) is 0 Å². The quantitative estimate of drug-likeness (QED) is 0.576. The molecule has 0 spiro atoms. The third-order valence-electron chi connectivity index (χ3n) is 0.812. The largest absolute Gasteiger partial charge is 0.347 e. The van der Waals surface area contributed by atoms with E-state index in [-0.39, 0.29) is 0 Å². The van der Waals surface area contributed by atoms with E-state index in [9.17, 15) is 0 Å². The number of aromatic nitrogens is 2. The Labute approximate surface area is 61.4 Å². The smallest absolute Gasteiger partial charge is 0.0922 e. The third kappa shape index (κ3) is 1.45. The minimum atomic E-state index is 0.848. The monoisotopic (exact) mass is 223 g/mol. The molecule has 2 N–H and O–H groups in total. The number of hydrogen-bond acceptors (Lipinski definition) is 2. The average molecular weight is 223 g/mol. The predicted octanol–water partition coefficient (Wildman–Crippen LogP) is 0.849. The van der Waals surface area contributed by atoms with Gasteiger partial charge in [-0.15, -0.1) is 0 Å². The normalized spacial score (nSPS) is 9.62. The molecule has 0 saturated carbocycles. The van der Waals surface area contributed by atoms with Crippen molar-refractivity contribution in [2.45, 2.75) is 6.54 Å². The molecule has 1 heterocycles. The van der Waals surface area contributed by atoms with Gasteiger partial charge in [-0.05, 0) is 0 Å². The summed E-state index contributed by atoms with van der Waals surface area (Å²) in [6, 6.07) is 0. The Morgan fingerprint density at radius 1 is 1.88 bits per heavy atom. The molecular formula is C4H6IN3. The molecule has 8 heavy (non-hydrogen) atoms. The Balaban J connectivity index is 2.50. The number of aromatic amines is 1. The molecule has 1 aromatic rings. The van der Waals surface area contributed by atoms with Crippen molar-refractivity contribution in [3.8, 4) is 0 Å². The second-order valence-electron chi connectivity index (χ2n) is 1.39. The van der Waals surface area contributed by atoms with E-state index in [1.54, 1.807) is 12.5 Å². The Morgan fingerprint density at radius 3 is 3.25 bits per heavy atom. The molecule has 0 bridgehead atoms. The number of H-pyrrole nitrogens is 1. The van der Waals surface area contributed by atoms with Crippen molar-refractivity contribution in [1.82, 2.24) is 13.5 Å². The lowest BCUT2D eigenvalue weighted by Crippen LogP contribution is -1.96. The molecular weight excluding hydrogens is 217 g/mol. The van der Waals surface area contributed by atoms with Crippen molar-refractivity contribution in [2.24, 2.45) is 0 Å². The second kappa shape index (κ2) is 3.03. The van der Waals surface area contributed by atoms with Gasteiger partial charge < -0.3 is 4.98 Å². The van der Waals surface area contributed by atoms with Crippen LogP contribution in [0.3, 0.4) is 0 Å². The number of halogens is 1. The van der Waals surface area contributed by atoms with Crippen LogP contribution in [0.5, 0.6) is 0 Å². The first-order valence-electron chi connectivity index (χ1n) is 2.24. The van der Waals surface area contributed by atoms with Crippen LogP contribution in [0.15, 0.2) is 12.5 Å². The minimum absolute atomic E-state index is 0.848. The fourth-order valence-electron chi connectivity index (χ4n) is 0.453. The Kier molecular flexibility index (Phi) is 2.28. The fraction of sp³-hybridized carbons (Fsp3) is 0.250. The van der Waals surface area contributed by atoms with Crippen LogP contribution in [-0.2, 0) is 6.54 Å². The van der Waals surface area contributed by atoms with E-state index in [1.807, 2.05) is 0 Å². The predicted molar refractivity (Wildman–Crippen MR) is 39.4 cm³/mol. The zero-order valence-electron chi connectivity index (χ0n) is 4.19. The van der Waals surface area contributed by atoms with Gasteiger partial charge in [-0.3, -0.25) is 3.53 Å². The van der Waals surface area contributed by atoms with Crippen LogP contribution < -0.4 is 3.53 Å². The number of nitrogens with one attached hydrogen (secondary N) is 2. The van der Waals surface area contributed by atoms with Crippen molar-refractivity contribution in [3.05, 3.63) is 18.2 Å². The van der Waals surface area contributed by atoms with Crippen LogP contribution in [0.4, 0.5) is 0 Å². The number of rotatable bonds is 2. The Hall–Kier alpha value is -0.100. The summed E-state index contributed by atoms with van der Waals surface area (Å²) in [7, 11) is 0. The molecule has 0 fully saturated rings. The maximum Gasteiger partial charge on any atom is 0.0922 e. The average Bonchev–Trinajstić information content (AvgIpc) is 2.19. The van der Waals surface area contributed by atoms with E-state index in [4.69, 9.17) is 0 Å².